The molecule has 2 heterocycles. The molecule has 27 heavy (non-hydrogen) atoms. The number of carbonyl (C=O) groups excluding carboxylic acids is 3. The standard InChI is InChI=1S/C17H13F3N4O3/c18-17(19,20)9-5-6-13(21-8-9)24-14(25)7-12-16(27)22-11-4-2-1-3-10(11)15(26)23-12/h1-6,8,12H,7H2,(H,22,27)(H,23,26)(H,21,24,25)/t12-/m0/s1. The number of nitrogens with one attached hydrogen (secondary N) is 3. The quantitative estimate of drug-likeness (QED) is 0.762. The largest absolute Gasteiger partial charge is 0.417 e. The van der Waals surface area contributed by atoms with E-state index in [1.54, 1.807) is 18.2 Å². The first-order valence-electron chi connectivity index (χ1n) is 7.78. The van der Waals surface area contributed by atoms with Crippen molar-refractivity contribution in [2.75, 3.05) is 10.6 Å². The van der Waals surface area contributed by atoms with Crippen molar-refractivity contribution < 1.29 is 27.6 Å². The van der Waals surface area contributed by atoms with Crippen molar-refractivity contribution in [1.82, 2.24) is 10.3 Å². The van der Waals surface area contributed by atoms with E-state index < -0.39 is 41.9 Å². The zero-order valence-electron chi connectivity index (χ0n) is 13.6. The Hall–Kier alpha value is -3.43. The smallest absolute Gasteiger partial charge is 0.340 e. The highest BCUT2D eigenvalue weighted by Gasteiger charge is 2.31. The maximum Gasteiger partial charge on any atom is 0.417 e. The van der Waals surface area contributed by atoms with Crippen LogP contribution in [0, 0.1) is 0 Å². The molecule has 0 saturated carbocycles. The number of carbonyl (C=O) groups is 3. The minimum absolute atomic E-state index is 0.100. The molecule has 10 heteroatoms. The normalized spacial score (nSPS) is 16.6. The fraction of sp³-hybridized carbons (Fsp3) is 0.176. The molecule has 1 aromatic heterocycles. The van der Waals surface area contributed by atoms with Crippen LogP contribution in [0.1, 0.15) is 22.3 Å². The first-order chi connectivity index (χ1) is 12.7. The maximum absolute atomic E-state index is 12.5. The fourth-order valence-corrected chi connectivity index (χ4v) is 2.47. The Balaban J connectivity index is 1.66. The molecule has 0 fully saturated rings. The number of amides is 3. The van der Waals surface area contributed by atoms with Gasteiger partial charge in [0, 0.05) is 6.20 Å². The summed E-state index contributed by atoms with van der Waals surface area (Å²) in [6.07, 6.45) is -4.35. The second kappa shape index (κ2) is 7.06. The van der Waals surface area contributed by atoms with Gasteiger partial charge in [-0.3, -0.25) is 14.4 Å². The van der Waals surface area contributed by atoms with Gasteiger partial charge in [-0.25, -0.2) is 4.98 Å². The van der Waals surface area contributed by atoms with Crippen LogP contribution in [0.3, 0.4) is 0 Å². The lowest BCUT2D eigenvalue weighted by molar-refractivity contribution is -0.137. The molecule has 3 amide bonds. The van der Waals surface area contributed by atoms with Crippen molar-refractivity contribution >= 4 is 29.2 Å². The Morgan fingerprint density at radius 3 is 2.56 bits per heavy atom. The number of hydrogen-bond donors (Lipinski definition) is 3. The number of para-hydroxylation sites is 1. The zero-order chi connectivity index (χ0) is 19.6. The summed E-state index contributed by atoms with van der Waals surface area (Å²) < 4.78 is 37.5. The predicted molar refractivity (Wildman–Crippen MR) is 88.8 cm³/mol. The summed E-state index contributed by atoms with van der Waals surface area (Å²) in [6.45, 7) is 0. The summed E-state index contributed by atoms with van der Waals surface area (Å²) in [5, 5.41) is 7.30. The molecule has 0 aliphatic carbocycles. The molecule has 0 spiro atoms. The number of rotatable bonds is 3. The van der Waals surface area contributed by atoms with Crippen LogP contribution in [0.2, 0.25) is 0 Å². The molecule has 3 rings (SSSR count). The highest BCUT2D eigenvalue weighted by molar-refractivity contribution is 6.11. The zero-order valence-corrected chi connectivity index (χ0v) is 13.6. The number of hydrogen-bond acceptors (Lipinski definition) is 4. The first-order valence-corrected chi connectivity index (χ1v) is 7.78. The van der Waals surface area contributed by atoms with E-state index in [9.17, 15) is 27.6 Å². The lowest BCUT2D eigenvalue weighted by Gasteiger charge is -2.14. The molecule has 0 saturated heterocycles. The minimum atomic E-state index is -4.53. The maximum atomic E-state index is 12.5. The summed E-state index contributed by atoms with van der Waals surface area (Å²) in [5.74, 6) is -1.89. The lowest BCUT2D eigenvalue weighted by Crippen LogP contribution is -2.43. The van der Waals surface area contributed by atoms with Crippen molar-refractivity contribution in [1.29, 1.82) is 0 Å². The van der Waals surface area contributed by atoms with Gasteiger partial charge in [-0.15, -0.1) is 0 Å². The highest BCUT2D eigenvalue weighted by Crippen LogP contribution is 2.28. The molecule has 140 valence electrons. The number of pyridine rings is 1. The van der Waals surface area contributed by atoms with Crippen molar-refractivity contribution in [3.05, 3.63) is 53.7 Å². The lowest BCUT2D eigenvalue weighted by atomic mass is 10.1. The number of benzene rings is 1. The minimum Gasteiger partial charge on any atom is -0.340 e. The molecule has 7 nitrogen and oxygen atoms in total. The average Bonchev–Trinajstić information content (AvgIpc) is 2.71. The number of fused-ring (bicyclic) bond motifs is 1. The third kappa shape index (κ3) is 4.22. The van der Waals surface area contributed by atoms with Crippen LogP contribution < -0.4 is 16.0 Å². The van der Waals surface area contributed by atoms with Gasteiger partial charge in [-0.2, -0.15) is 13.2 Å². The van der Waals surface area contributed by atoms with Crippen LogP contribution in [0.5, 0.6) is 0 Å². The van der Waals surface area contributed by atoms with Gasteiger partial charge < -0.3 is 16.0 Å². The third-order valence-electron chi connectivity index (χ3n) is 3.80. The van der Waals surface area contributed by atoms with Crippen LogP contribution in [-0.4, -0.2) is 28.7 Å². The SMILES string of the molecule is O=C(C[C@@H]1NC(=O)c2ccccc2NC1=O)Nc1ccc(C(F)(F)F)cn1. The monoisotopic (exact) mass is 378 g/mol. The van der Waals surface area contributed by atoms with Gasteiger partial charge in [0.25, 0.3) is 5.91 Å². The Labute approximate surface area is 151 Å². The Bertz CT molecular complexity index is 897. The summed E-state index contributed by atoms with van der Waals surface area (Å²) in [7, 11) is 0. The van der Waals surface area contributed by atoms with Gasteiger partial charge >= 0.3 is 6.18 Å². The van der Waals surface area contributed by atoms with E-state index in [0.29, 0.717) is 11.9 Å². The molecular formula is C17H13F3N4O3. The Kier molecular flexibility index (Phi) is 4.80. The van der Waals surface area contributed by atoms with E-state index >= 15 is 0 Å². The van der Waals surface area contributed by atoms with Crippen molar-refractivity contribution in [3.63, 3.8) is 0 Å². The Morgan fingerprint density at radius 2 is 1.89 bits per heavy atom. The van der Waals surface area contributed by atoms with Crippen molar-refractivity contribution in [2.45, 2.75) is 18.6 Å². The molecule has 0 bridgehead atoms. The van der Waals surface area contributed by atoms with Gasteiger partial charge in [0.2, 0.25) is 11.8 Å². The van der Waals surface area contributed by atoms with Crippen LogP contribution in [0.25, 0.3) is 0 Å². The second-order valence-electron chi connectivity index (χ2n) is 5.74. The molecular weight excluding hydrogens is 365 g/mol. The fourth-order valence-electron chi connectivity index (χ4n) is 2.47. The first kappa shape index (κ1) is 18.4. The molecule has 3 N–H and O–H groups in total. The Morgan fingerprint density at radius 1 is 1.15 bits per heavy atom. The third-order valence-corrected chi connectivity index (χ3v) is 3.80. The molecule has 1 aliphatic heterocycles. The van der Waals surface area contributed by atoms with Crippen LogP contribution in [0.15, 0.2) is 42.6 Å². The summed E-state index contributed by atoms with van der Waals surface area (Å²) in [5.41, 5.74) is -0.362. The van der Waals surface area contributed by atoms with E-state index in [-0.39, 0.29) is 11.4 Å². The van der Waals surface area contributed by atoms with Gasteiger partial charge in [0.1, 0.15) is 11.9 Å². The van der Waals surface area contributed by atoms with E-state index in [4.69, 9.17) is 0 Å². The molecule has 2 aromatic rings. The number of anilines is 2. The predicted octanol–water partition coefficient (Wildman–Crippen LogP) is 2.18. The molecule has 1 aromatic carbocycles. The van der Waals surface area contributed by atoms with Crippen LogP contribution >= 0.6 is 0 Å². The molecule has 0 unspecified atom stereocenters. The average molecular weight is 378 g/mol. The van der Waals surface area contributed by atoms with E-state index in [0.717, 1.165) is 12.1 Å². The van der Waals surface area contributed by atoms with Gasteiger partial charge in [0.05, 0.1) is 23.2 Å². The summed E-state index contributed by atoms with van der Waals surface area (Å²) >= 11 is 0. The van der Waals surface area contributed by atoms with Crippen molar-refractivity contribution in [2.24, 2.45) is 0 Å². The van der Waals surface area contributed by atoms with Crippen molar-refractivity contribution in [3.8, 4) is 0 Å². The topological polar surface area (TPSA) is 100 Å². The molecule has 1 atom stereocenters. The molecule has 1 aliphatic rings. The highest BCUT2D eigenvalue weighted by atomic mass is 19.4. The van der Waals surface area contributed by atoms with Gasteiger partial charge in [-0.1, -0.05) is 12.1 Å². The number of alkyl halides is 3. The van der Waals surface area contributed by atoms with E-state index in [1.165, 1.54) is 6.07 Å². The van der Waals surface area contributed by atoms with Gasteiger partial charge in [-0.05, 0) is 24.3 Å². The summed E-state index contributed by atoms with van der Waals surface area (Å²) in [4.78, 5) is 40.0. The van der Waals surface area contributed by atoms with E-state index in [1.807, 2.05) is 0 Å². The molecule has 0 radical (unpaired) electrons. The van der Waals surface area contributed by atoms with Crippen LogP contribution in [0.4, 0.5) is 24.7 Å². The van der Waals surface area contributed by atoms with Gasteiger partial charge in [0.15, 0.2) is 0 Å². The van der Waals surface area contributed by atoms with Crippen LogP contribution in [-0.2, 0) is 15.8 Å². The summed E-state index contributed by atoms with van der Waals surface area (Å²) in [6, 6.07) is 7.01. The second-order valence-corrected chi connectivity index (χ2v) is 5.74. The number of halogens is 3. The number of nitrogens with zero attached hydrogens (tertiary/aromatic N) is 1. The number of aromatic nitrogens is 1. The van der Waals surface area contributed by atoms with E-state index in [2.05, 4.69) is 20.9 Å².